The maximum atomic E-state index is 10.2. The molecule has 28 heavy (non-hydrogen) atoms. The predicted octanol–water partition coefficient (Wildman–Crippen LogP) is 7.97. The molecular formula is C20H13Br2Cl2NO2S. The molecule has 0 aliphatic rings. The molecule has 3 rings (SSSR count). The number of aliphatic imine (C=N–C) groups is 1. The average molecular weight is 562 g/mol. The van der Waals surface area contributed by atoms with Crippen LogP contribution in [0.1, 0.15) is 11.1 Å². The summed E-state index contributed by atoms with van der Waals surface area (Å²) in [6.07, 6.45) is 1.53. The summed E-state index contributed by atoms with van der Waals surface area (Å²) < 4.78 is 1.52. The van der Waals surface area contributed by atoms with Gasteiger partial charge in [-0.1, -0.05) is 51.3 Å². The Labute approximate surface area is 193 Å². The molecule has 8 heteroatoms. The molecule has 3 aromatic carbocycles. The molecule has 3 aromatic rings. The van der Waals surface area contributed by atoms with E-state index in [0.717, 1.165) is 20.6 Å². The normalized spacial score (nSPS) is 11.3. The quantitative estimate of drug-likeness (QED) is 0.245. The van der Waals surface area contributed by atoms with E-state index in [2.05, 4.69) is 36.9 Å². The monoisotopic (exact) mass is 559 g/mol. The van der Waals surface area contributed by atoms with Gasteiger partial charge in [0, 0.05) is 37.5 Å². The van der Waals surface area contributed by atoms with Gasteiger partial charge in [0.15, 0.2) is 0 Å². The Hall–Kier alpha value is -1.18. The maximum Gasteiger partial charge on any atom is 0.143 e. The lowest BCUT2D eigenvalue weighted by Gasteiger charge is -2.09. The van der Waals surface area contributed by atoms with Crippen LogP contribution in [-0.4, -0.2) is 16.4 Å². The number of rotatable bonds is 5. The van der Waals surface area contributed by atoms with Gasteiger partial charge in [-0.2, -0.15) is 0 Å². The lowest BCUT2D eigenvalue weighted by Crippen LogP contribution is -1.86. The summed E-state index contributed by atoms with van der Waals surface area (Å²) in [5, 5.41) is 20.9. The first-order chi connectivity index (χ1) is 13.3. The summed E-state index contributed by atoms with van der Waals surface area (Å²) >= 11 is 20.3. The fourth-order valence-corrected chi connectivity index (χ4v) is 5.19. The molecule has 0 unspecified atom stereocenters. The Morgan fingerprint density at radius 2 is 1.75 bits per heavy atom. The van der Waals surface area contributed by atoms with Gasteiger partial charge in [0.05, 0.1) is 15.2 Å². The minimum atomic E-state index is -0.0659. The third kappa shape index (κ3) is 5.24. The first kappa shape index (κ1) is 21.5. The minimum Gasteiger partial charge on any atom is -0.506 e. The van der Waals surface area contributed by atoms with Gasteiger partial charge in [0.25, 0.3) is 0 Å². The van der Waals surface area contributed by atoms with E-state index in [9.17, 15) is 10.2 Å². The van der Waals surface area contributed by atoms with E-state index in [-0.39, 0.29) is 16.5 Å². The Kier molecular flexibility index (Phi) is 7.34. The smallest absolute Gasteiger partial charge is 0.143 e. The highest BCUT2D eigenvalue weighted by Crippen LogP contribution is 2.38. The van der Waals surface area contributed by atoms with Crippen LogP contribution < -0.4 is 0 Å². The first-order valence-electron chi connectivity index (χ1n) is 7.96. The number of benzene rings is 3. The second-order valence-electron chi connectivity index (χ2n) is 5.74. The Balaban J connectivity index is 1.85. The fraction of sp³-hybridized carbons (Fsp3) is 0.0500. The van der Waals surface area contributed by atoms with Crippen LogP contribution >= 0.6 is 66.8 Å². The lowest BCUT2D eigenvalue weighted by molar-refractivity contribution is 0.467. The SMILES string of the molecule is Oc1c(Cl)cc(Cl)cc1C=Nc1ccccc1SCc1cc(Br)cc(Br)c1O. The van der Waals surface area contributed by atoms with E-state index in [1.165, 1.54) is 12.3 Å². The standard InChI is InChI=1S/C20H13Br2Cl2NO2S/c21-13-5-12(19(26)15(22)7-13)10-28-18-4-2-1-3-17(18)25-9-11-6-14(23)8-16(24)20(11)27/h1-9,26-27H,10H2. The minimum absolute atomic E-state index is 0.0659. The topological polar surface area (TPSA) is 52.8 Å². The van der Waals surface area contributed by atoms with Crippen molar-refractivity contribution in [3.63, 3.8) is 0 Å². The highest BCUT2D eigenvalue weighted by Gasteiger charge is 2.10. The summed E-state index contributed by atoms with van der Waals surface area (Å²) in [6.45, 7) is 0. The van der Waals surface area contributed by atoms with Crippen molar-refractivity contribution < 1.29 is 10.2 Å². The zero-order valence-corrected chi connectivity index (χ0v) is 19.7. The van der Waals surface area contributed by atoms with Crippen LogP contribution in [0.5, 0.6) is 11.5 Å². The van der Waals surface area contributed by atoms with Crippen molar-refractivity contribution in [2.75, 3.05) is 0 Å². The van der Waals surface area contributed by atoms with Gasteiger partial charge in [-0.05, 0) is 52.3 Å². The van der Waals surface area contributed by atoms with Gasteiger partial charge in [-0.3, -0.25) is 4.99 Å². The highest BCUT2D eigenvalue weighted by molar-refractivity contribution is 9.11. The average Bonchev–Trinajstić information content (AvgIpc) is 2.65. The summed E-state index contributed by atoms with van der Waals surface area (Å²) in [6, 6.07) is 14.4. The van der Waals surface area contributed by atoms with Crippen molar-refractivity contribution in [1.29, 1.82) is 0 Å². The summed E-state index contributed by atoms with van der Waals surface area (Å²) in [7, 11) is 0. The van der Waals surface area contributed by atoms with Crippen LogP contribution in [0.4, 0.5) is 5.69 Å². The summed E-state index contributed by atoms with van der Waals surface area (Å²) in [5.74, 6) is 0.712. The van der Waals surface area contributed by atoms with Gasteiger partial charge < -0.3 is 10.2 Å². The molecule has 0 heterocycles. The second-order valence-corrected chi connectivity index (χ2v) is 9.37. The fourth-order valence-electron chi connectivity index (χ4n) is 2.39. The third-order valence-corrected chi connectivity index (χ3v) is 6.44. The number of halogens is 4. The summed E-state index contributed by atoms with van der Waals surface area (Å²) in [5.41, 5.74) is 1.96. The van der Waals surface area contributed by atoms with Crippen LogP contribution in [0.3, 0.4) is 0 Å². The molecule has 0 bridgehead atoms. The molecule has 0 aliphatic carbocycles. The Bertz CT molecular complexity index is 1060. The number of phenols is 2. The number of hydrogen-bond acceptors (Lipinski definition) is 4. The van der Waals surface area contributed by atoms with E-state index in [1.807, 2.05) is 30.3 Å². The molecule has 0 aromatic heterocycles. The molecule has 144 valence electrons. The van der Waals surface area contributed by atoms with E-state index in [1.54, 1.807) is 23.9 Å². The van der Waals surface area contributed by atoms with Gasteiger partial charge in [0.2, 0.25) is 0 Å². The number of para-hydroxylation sites is 1. The molecular weight excluding hydrogens is 549 g/mol. The zero-order valence-electron chi connectivity index (χ0n) is 14.2. The maximum absolute atomic E-state index is 10.2. The number of thioether (sulfide) groups is 1. The Morgan fingerprint density at radius 3 is 2.54 bits per heavy atom. The third-order valence-electron chi connectivity index (χ3n) is 3.76. The van der Waals surface area contributed by atoms with Crippen molar-refractivity contribution >= 4 is 78.7 Å². The molecule has 0 amide bonds. The van der Waals surface area contributed by atoms with Crippen LogP contribution in [0.15, 0.2) is 67.4 Å². The Morgan fingerprint density at radius 1 is 1.00 bits per heavy atom. The van der Waals surface area contributed by atoms with E-state index in [4.69, 9.17) is 23.2 Å². The van der Waals surface area contributed by atoms with Crippen LogP contribution in [-0.2, 0) is 5.75 Å². The first-order valence-corrected chi connectivity index (χ1v) is 11.3. The van der Waals surface area contributed by atoms with Crippen molar-refractivity contribution in [3.05, 3.63) is 78.6 Å². The molecule has 0 atom stereocenters. The molecule has 0 spiro atoms. The van der Waals surface area contributed by atoms with Crippen molar-refractivity contribution in [2.24, 2.45) is 4.99 Å². The molecule has 2 N–H and O–H groups in total. The molecule has 3 nitrogen and oxygen atoms in total. The van der Waals surface area contributed by atoms with Crippen molar-refractivity contribution in [2.45, 2.75) is 10.6 Å². The highest BCUT2D eigenvalue weighted by atomic mass is 79.9. The molecule has 0 radical (unpaired) electrons. The van der Waals surface area contributed by atoms with E-state index < -0.39 is 0 Å². The number of aromatic hydroxyl groups is 2. The largest absolute Gasteiger partial charge is 0.506 e. The van der Waals surface area contributed by atoms with Crippen LogP contribution in [0.2, 0.25) is 10.0 Å². The number of nitrogens with zero attached hydrogens (tertiary/aromatic N) is 1. The predicted molar refractivity (Wildman–Crippen MR) is 125 cm³/mol. The van der Waals surface area contributed by atoms with Gasteiger partial charge >= 0.3 is 0 Å². The summed E-state index contributed by atoms with van der Waals surface area (Å²) in [4.78, 5) is 5.42. The molecule has 0 aliphatic heterocycles. The van der Waals surface area contributed by atoms with E-state index in [0.29, 0.717) is 20.8 Å². The number of hydrogen-bond donors (Lipinski definition) is 2. The van der Waals surface area contributed by atoms with Gasteiger partial charge in [-0.25, -0.2) is 0 Å². The van der Waals surface area contributed by atoms with Gasteiger partial charge in [0.1, 0.15) is 11.5 Å². The van der Waals surface area contributed by atoms with Crippen molar-refractivity contribution in [1.82, 2.24) is 0 Å². The second kappa shape index (κ2) is 9.55. The van der Waals surface area contributed by atoms with E-state index >= 15 is 0 Å². The lowest BCUT2D eigenvalue weighted by atomic mass is 10.2. The van der Waals surface area contributed by atoms with Crippen LogP contribution in [0.25, 0.3) is 0 Å². The molecule has 0 saturated heterocycles. The number of phenolic OH excluding ortho intramolecular Hbond substituents is 2. The molecule has 0 saturated carbocycles. The van der Waals surface area contributed by atoms with Gasteiger partial charge in [-0.15, -0.1) is 11.8 Å². The zero-order chi connectivity index (χ0) is 20.3. The van der Waals surface area contributed by atoms with Crippen LogP contribution in [0, 0.1) is 0 Å². The van der Waals surface area contributed by atoms with Crippen molar-refractivity contribution in [3.8, 4) is 11.5 Å². The molecule has 0 fully saturated rings.